The Morgan fingerprint density at radius 2 is 2.16 bits per heavy atom. The highest BCUT2D eigenvalue weighted by atomic mass is 32.1. The van der Waals surface area contributed by atoms with Gasteiger partial charge in [0.15, 0.2) is 0 Å². The molecule has 0 aromatic carbocycles. The van der Waals surface area contributed by atoms with Crippen LogP contribution in [0, 0.1) is 5.41 Å². The summed E-state index contributed by atoms with van der Waals surface area (Å²) in [6.07, 6.45) is 7.57. The fourth-order valence-corrected chi connectivity index (χ4v) is 4.23. The van der Waals surface area contributed by atoms with E-state index >= 15 is 0 Å². The molecule has 1 heterocycles. The average molecular weight is 281 g/mol. The van der Waals surface area contributed by atoms with Gasteiger partial charge in [-0.15, -0.1) is 21.5 Å². The van der Waals surface area contributed by atoms with Crippen molar-refractivity contribution in [2.45, 2.75) is 65.2 Å². The molecule has 0 aliphatic heterocycles. The van der Waals surface area contributed by atoms with Gasteiger partial charge in [0.1, 0.15) is 10.0 Å². The molecule has 0 radical (unpaired) electrons. The lowest BCUT2D eigenvalue weighted by Gasteiger charge is -2.37. The highest BCUT2D eigenvalue weighted by Crippen LogP contribution is 2.47. The van der Waals surface area contributed by atoms with Gasteiger partial charge in [0.05, 0.1) is 0 Å². The predicted octanol–water partition coefficient (Wildman–Crippen LogP) is 3.76. The van der Waals surface area contributed by atoms with Gasteiger partial charge < -0.3 is 5.32 Å². The topological polar surface area (TPSA) is 37.8 Å². The van der Waals surface area contributed by atoms with E-state index in [2.05, 4.69) is 36.3 Å². The molecule has 1 unspecified atom stereocenters. The predicted molar refractivity (Wildman–Crippen MR) is 81.8 cm³/mol. The van der Waals surface area contributed by atoms with Gasteiger partial charge in [0, 0.05) is 12.3 Å². The number of nitrogens with zero attached hydrogens (tertiary/aromatic N) is 2. The summed E-state index contributed by atoms with van der Waals surface area (Å²) in [5.74, 6) is 0.626. The SMILES string of the molecule is CCNCCCc1nnc(C2CCCCC2(C)C)s1. The molecule has 1 N–H and O–H groups in total. The van der Waals surface area contributed by atoms with Crippen LogP contribution in [-0.4, -0.2) is 23.3 Å². The second kappa shape index (κ2) is 6.80. The van der Waals surface area contributed by atoms with Crippen molar-refractivity contribution in [3.8, 4) is 0 Å². The third kappa shape index (κ3) is 3.99. The molecular weight excluding hydrogens is 254 g/mol. The molecule has 3 nitrogen and oxygen atoms in total. The highest BCUT2D eigenvalue weighted by molar-refractivity contribution is 7.11. The molecular formula is C15H27N3S. The molecule has 1 aliphatic rings. The molecule has 1 aromatic heterocycles. The summed E-state index contributed by atoms with van der Waals surface area (Å²) in [5, 5.41) is 14.7. The Morgan fingerprint density at radius 1 is 1.32 bits per heavy atom. The van der Waals surface area contributed by atoms with E-state index in [1.165, 1.54) is 35.7 Å². The molecule has 0 amide bonds. The van der Waals surface area contributed by atoms with Crippen molar-refractivity contribution >= 4 is 11.3 Å². The van der Waals surface area contributed by atoms with Gasteiger partial charge in [-0.2, -0.15) is 0 Å². The van der Waals surface area contributed by atoms with Gasteiger partial charge in [0.2, 0.25) is 0 Å². The summed E-state index contributed by atoms with van der Waals surface area (Å²) in [6.45, 7) is 9.07. The fraction of sp³-hybridized carbons (Fsp3) is 0.867. The van der Waals surface area contributed by atoms with E-state index in [9.17, 15) is 0 Å². The Kier molecular flexibility index (Phi) is 5.34. The van der Waals surface area contributed by atoms with Crippen molar-refractivity contribution in [3.05, 3.63) is 10.0 Å². The molecule has 0 saturated heterocycles. The molecule has 2 rings (SSSR count). The van der Waals surface area contributed by atoms with Crippen molar-refractivity contribution in [3.63, 3.8) is 0 Å². The summed E-state index contributed by atoms with van der Waals surface area (Å²) in [4.78, 5) is 0. The first kappa shape index (κ1) is 14.9. The van der Waals surface area contributed by atoms with Crippen molar-refractivity contribution in [1.82, 2.24) is 15.5 Å². The van der Waals surface area contributed by atoms with Crippen LogP contribution >= 0.6 is 11.3 Å². The van der Waals surface area contributed by atoms with Gasteiger partial charge in [0.25, 0.3) is 0 Å². The quantitative estimate of drug-likeness (QED) is 0.807. The molecule has 4 heteroatoms. The van der Waals surface area contributed by atoms with Gasteiger partial charge in [-0.3, -0.25) is 0 Å². The molecule has 19 heavy (non-hydrogen) atoms. The lowest BCUT2D eigenvalue weighted by Crippen LogP contribution is -2.25. The molecule has 1 atom stereocenters. The van der Waals surface area contributed by atoms with E-state index in [0.717, 1.165) is 25.9 Å². The van der Waals surface area contributed by atoms with E-state index < -0.39 is 0 Å². The molecule has 0 spiro atoms. The van der Waals surface area contributed by atoms with E-state index in [0.29, 0.717) is 11.3 Å². The van der Waals surface area contributed by atoms with Crippen molar-refractivity contribution in [2.75, 3.05) is 13.1 Å². The van der Waals surface area contributed by atoms with Gasteiger partial charge in [-0.1, -0.05) is 33.6 Å². The summed E-state index contributed by atoms with van der Waals surface area (Å²) in [6, 6.07) is 0. The minimum atomic E-state index is 0.402. The Labute approximate surface area is 121 Å². The molecule has 1 aliphatic carbocycles. The summed E-state index contributed by atoms with van der Waals surface area (Å²) in [5.41, 5.74) is 0.402. The largest absolute Gasteiger partial charge is 0.317 e. The second-order valence-electron chi connectivity index (χ2n) is 6.28. The van der Waals surface area contributed by atoms with Crippen LogP contribution < -0.4 is 5.32 Å². The summed E-state index contributed by atoms with van der Waals surface area (Å²) in [7, 11) is 0. The Hall–Kier alpha value is -0.480. The van der Waals surface area contributed by atoms with Gasteiger partial charge in [-0.05, 0) is 37.8 Å². The lowest BCUT2D eigenvalue weighted by molar-refractivity contribution is 0.198. The van der Waals surface area contributed by atoms with Crippen LogP contribution in [0.3, 0.4) is 0 Å². The van der Waals surface area contributed by atoms with Crippen LogP contribution in [0.5, 0.6) is 0 Å². The van der Waals surface area contributed by atoms with E-state index in [-0.39, 0.29) is 0 Å². The molecule has 1 saturated carbocycles. The zero-order chi connectivity index (χ0) is 13.7. The first-order chi connectivity index (χ1) is 9.13. The first-order valence-corrected chi connectivity index (χ1v) is 8.48. The molecule has 1 fully saturated rings. The van der Waals surface area contributed by atoms with Crippen LogP contribution in [0.2, 0.25) is 0 Å². The number of nitrogens with one attached hydrogen (secondary N) is 1. The number of aryl methyl sites for hydroxylation is 1. The highest BCUT2D eigenvalue weighted by Gasteiger charge is 2.35. The number of hydrogen-bond acceptors (Lipinski definition) is 4. The van der Waals surface area contributed by atoms with E-state index in [4.69, 9.17) is 0 Å². The third-order valence-electron chi connectivity index (χ3n) is 4.28. The first-order valence-electron chi connectivity index (χ1n) is 7.66. The molecule has 1 aromatic rings. The maximum atomic E-state index is 4.48. The Bertz CT molecular complexity index is 386. The van der Waals surface area contributed by atoms with Gasteiger partial charge >= 0.3 is 0 Å². The maximum Gasteiger partial charge on any atom is 0.121 e. The van der Waals surface area contributed by atoms with Gasteiger partial charge in [-0.25, -0.2) is 0 Å². The van der Waals surface area contributed by atoms with Crippen molar-refractivity contribution < 1.29 is 0 Å². The Balaban J connectivity index is 1.92. The molecule has 0 bridgehead atoms. The fourth-order valence-electron chi connectivity index (χ4n) is 3.00. The van der Waals surface area contributed by atoms with E-state index in [1.807, 2.05) is 11.3 Å². The van der Waals surface area contributed by atoms with Crippen LogP contribution in [0.25, 0.3) is 0 Å². The minimum absolute atomic E-state index is 0.402. The lowest BCUT2D eigenvalue weighted by atomic mass is 9.69. The molecule has 108 valence electrons. The van der Waals surface area contributed by atoms with Crippen molar-refractivity contribution in [1.29, 1.82) is 0 Å². The normalized spacial score (nSPS) is 22.6. The summed E-state index contributed by atoms with van der Waals surface area (Å²) < 4.78 is 0. The maximum absolute atomic E-state index is 4.48. The smallest absolute Gasteiger partial charge is 0.121 e. The van der Waals surface area contributed by atoms with E-state index in [1.54, 1.807) is 0 Å². The summed E-state index contributed by atoms with van der Waals surface area (Å²) >= 11 is 1.85. The number of aromatic nitrogens is 2. The zero-order valence-corrected chi connectivity index (χ0v) is 13.4. The third-order valence-corrected chi connectivity index (χ3v) is 5.38. The van der Waals surface area contributed by atoms with Crippen LogP contribution in [0.15, 0.2) is 0 Å². The van der Waals surface area contributed by atoms with Crippen molar-refractivity contribution in [2.24, 2.45) is 5.41 Å². The standard InChI is InChI=1S/C15H27N3S/c1-4-16-11-7-9-13-17-18-14(19-13)12-8-5-6-10-15(12,2)3/h12,16H,4-11H2,1-3H3. The number of hydrogen-bond donors (Lipinski definition) is 1. The van der Waals surface area contributed by atoms with Crippen LogP contribution in [-0.2, 0) is 6.42 Å². The zero-order valence-electron chi connectivity index (χ0n) is 12.5. The van der Waals surface area contributed by atoms with Crippen LogP contribution in [0.1, 0.15) is 68.8 Å². The number of rotatable bonds is 6. The van der Waals surface area contributed by atoms with Crippen LogP contribution in [0.4, 0.5) is 0 Å². The Morgan fingerprint density at radius 3 is 2.89 bits per heavy atom. The average Bonchev–Trinajstić information content (AvgIpc) is 2.82. The monoisotopic (exact) mass is 281 g/mol. The minimum Gasteiger partial charge on any atom is -0.317 e. The second-order valence-corrected chi connectivity index (χ2v) is 7.37.